The Bertz CT molecular complexity index is 175. The third-order valence-electron chi connectivity index (χ3n) is 0.882. The minimum Gasteiger partial charge on any atom is -0.504 e. The van der Waals surface area contributed by atoms with E-state index in [1.807, 2.05) is 0 Å². The molecule has 0 aliphatic carbocycles. The fourth-order valence-corrected chi connectivity index (χ4v) is 0.464. The molecule has 0 aliphatic rings. The molecule has 0 aliphatic heterocycles. The summed E-state index contributed by atoms with van der Waals surface area (Å²) < 4.78 is 0. The number of benzene rings is 1. The zero-order valence-electron chi connectivity index (χ0n) is 5.62. The van der Waals surface area contributed by atoms with Gasteiger partial charge in [0.2, 0.25) is 0 Å². The smallest absolute Gasteiger partial charge is 0.157 e. The average molecular weight is 138 g/mol. The van der Waals surface area contributed by atoms with E-state index in [0.717, 1.165) is 0 Å². The van der Waals surface area contributed by atoms with Crippen LogP contribution in [0.4, 0.5) is 0 Å². The number of rotatable bonds is 0. The predicted molar refractivity (Wildman–Crippen MR) is 41.0 cm³/mol. The maximum absolute atomic E-state index is 8.67. The van der Waals surface area contributed by atoms with Crippen molar-refractivity contribution in [1.82, 2.24) is 0 Å². The van der Waals surface area contributed by atoms with Crippen LogP contribution >= 0.6 is 0 Å². The van der Waals surface area contributed by atoms with Gasteiger partial charge in [0.25, 0.3) is 0 Å². The Hall–Kier alpha value is -1.44. The summed E-state index contributed by atoms with van der Waals surface area (Å²) in [7, 11) is 0. The number of para-hydroxylation sites is 2. The van der Waals surface area contributed by atoms with Crippen molar-refractivity contribution in [3.8, 4) is 11.5 Å². The third-order valence-corrected chi connectivity index (χ3v) is 0.882. The lowest BCUT2D eigenvalue weighted by molar-refractivity contribution is 0.404. The van der Waals surface area contributed by atoms with Crippen LogP contribution in [0.1, 0.15) is 0 Å². The third kappa shape index (κ3) is 2.22. The SMILES string of the molecule is C=C.Oc1ccccc1O. The summed E-state index contributed by atoms with van der Waals surface area (Å²) in [6.07, 6.45) is 0. The summed E-state index contributed by atoms with van der Waals surface area (Å²) in [5, 5.41) is 17.3. The number of phenols is 2. The zero-order chi connectivity index (χ0) is 7.98. The molecule has 10 heavy (non-hydrogen) atoms. The molecule has 2 N–H and O–H groups in total. The maximum atomic E-state index is 8.67. The molecule has 0 saturated heterocycles. The zero-order valence-corrected chi connectivity index (χ0v) is 5.62. The Morgan fingerprint density at radius 2 is 1.20 bits per heavy atom. The van der Waals surface area contributed by atoms with E-state index >= 15 is 0 Å². The second-order valence-corrected chi connectivity index (χ2v) is 1.49. The highest BCUT2D eigenvalue weighted by Crippen LogP contribution is 2.21. The summed E-state index contributed by atoms with van der Waals surface area (Å²) >= 11 is 0. The lowest BCUT2D eigenvalue weighted by Gasteiger charge is -1.91. The van der Waals surface area contributed by atoms with E-state index in [4.69, 9.17) is 10.2 Å². The summed E-state index contributed by atoms with van der Waals surface area (Å²) in [6.45, 7) is 6.00. The fourth-order valence-electron chi connectivity index (χ4n) is 0.464. The molecule has 0 fully saturated rings. The van der Waals surface area contributed by atoms with Gasteiger partial charge >= 0.3 is 0 Å². The molecule has 0 radical (unpaired) electrons. The van der Waals surface area contributed by atoms with Crippen LogP contribution in [-0.2, 0) is 0 Å². The van der Waals surface area contributed by atoms with Gasteiger partial charge in [-0.15, -0.1) is 13.2 Å². The number of hydrogen-bond donors (Lipinski definition) is 2. The van der Waals surface area contributed by atoms with E-state index in [2.05, 4.69) is 13.2 Å². The Morgan fingerprint density at radius 1 is 0.900 bits per heavy atom. The highest BCUT2D eigenvalue weighted by atomic mass is 16.3. The van der Waals surface area contributed by atoms with Gasteiger partial charge in [-0.1, -0.05) is 12.1 Å². The van der Waals surface area contributed by atoms with Gasteiger partial charge in [0.15, 0.2) is 11.5 Å². The van der Waals surface area contributed by atoms with Crippen LogP contribution in [0.25, 0.3) is 0 Å². The van der Waals surface area contributed by atoms with Crippen LogP contribution in [0.2, 0.25) is 0 Å². The van der Waals surface area contributed by atoms with Gasteiger partial charge in [0.05, 0.1) is 0 Å². The molecular formula is C8H10O2. The molecule has 2 nitrogen and oxygen atoms in total. The molecule has 0 saturated carbocycles. The number of aromatic hydroxyl groups is 2. The first-order valence-corrected chi connectivity index (χ1v) is 2.77. The molecule has 1 aromatic carbocycles. The maximum Gasteiger partial charge on any atom is 0.157 e. The van der Waals surface area contributed by atoms with Crippen molar-refractivity contribution in [1.29, 1.82) is 0 Å². The molecule has 0 amide bonds. The van der Waals surface area contributed by atoms with Crippen molar-refractivity contribution >= 4 is 0 Å². The number of hydrogen-bond acceptors (Lipinski definition) is 2. The number of phenolic OH excluding ortho intramolecular Hbond substituents is 2. The van der Waals surface area contributed by atoms with Crippen molar-refractivity contribution in [2.24, 2.45) is 0 Å². The van der Waals surface area contributed by atoms with Gasteiger partial charge in [0.1, 0.15) is 0 Å². The minimum atomic E-state index is -0.0764. The van der Waals surface area contributed by atoms with Crippen LogP contribution in [-0.4, -0.2) is 10.2 Å². The van der Waals surface area contributed by atoms with E-state index in [1.54, 1.807) is 12.1 Å². The van der Waals surface area contributed by atoms with Crippen LogP contribution in [0.15, 0.2) is 37.4 Å². The van der Waals surface area contributed by atoms with Crippen molar-refractivity contribution in [3.05, 3.63) is 37.4 Å². The van der Waals surface area contributed by atoms with Gasteiger partial charge in [0, 0.05) is 0 Å². The summed E-state index contributed by atoms with van der Waals surface area (Å²) in [6, 6.07) is 6.15. The molecule has 54 valence electrons. The molecule has 0 atom stereocenters. The highest BCUT2D eigenvalue weighted by Gasteiger charge is 1.90. The molecule has 0 bridgehead atoms. The van der Waals surface area contributed by atoms with Crippen LogP contribution in [0, 0.1) is 0 Å². The van der Waals surface area contributed by atoms with Crippen molar-refractivity contribution in [2.45, 2.75) is 0 Å². The van der Waals surface area contributed by atoms with Crippen molar-refractivity contribution < 1.29 is 10.2 Å². The van der Waals surface area contributed by atoms with E-state index in [9.17, 15) is 0 Å². The van der Waals surface area contributed by atoms with E-state index in [-0.39, 0.29) is 11.5 Å². The topological polar surface area (TPSA) is 40.5 Å². The predicted octanol–water partition coefficient (Wildman–Crippen LogP) is 1.90. The molecule has 0 aromatic heterocycles. The van der Waals surface area contributed by atoms with Crippen molar-refractivity contribution in [2.75, 3.05) is 0 Å². The lowest BCUT2D eigenvalue weighted by Crippen LogP contribution is -1.63. The normalized spacial score (nSPS) is 7.60. The average Bonchev–Trinajstić information content (AvgIpc) is 2.00. The molecule has 1 rings (SSSR count). The molecular weight excluding hydrogens is 128 g/mol. The van der Waals surface area contributed by atoms with Crippen LogP contribution in [0.5, 0.6) is 11.5 Å². The Labute approximate surface area is 60.1 Å². The molecule has 0 heterocycles. The van der Waals surface area contributed by atoms with E-state index in [0.29, 0.717) is 0 Å². The summed E-state index contributed by atoms with van der Waals surface area (Å²) in [4.78, 5) is 0. The van der Waals surface area contributed by atoms with E-state index in [1.165, 1.54) is 12.1 Å². The summed E-state index contributed by atoms with van der Waals surface area (Å²) in [5.74, 6) is -0.153. The van der Waals surface area contributed by atoms with Crippen molar-refractivity contribution in [3.63, 3.8) is 0 Å². The van der Waals surface area contributed by atoms with Gasteiger partial charge in [-0.05, 0) is 12.1 Å². The Morgan fingerprint density at radius 3 is 1.40 bits per heavy atom. The summed E-state index contributed by atoms with van der Waals surface area (Å²) in [5.41, 5.74) is 0. The van der Waals surface area contributed by atoms with E-state index < -0.39 is 0 Å². The monoisotopic (exact) mass is 138 g/mol. The first kappa shape index (κ1) is 8.56. The molecule has 0 unspecified atom stereocenters. The second kappa shape index (κ2) is 4.44. The Balaban J connectivity index is 0.000000371. The minimum absolute atomic E-state index is 0.0764. The second-order valence-electron chi connectivity index (χ2n) is 1.49. The van der Waals surface area contributed by atoms with Gasteiger partial charge in [-0.2, -0.15) is 0 Å². The standard InChI is InChI=1S/C6H6O2.C2H4/c7-5-3-1-2-4-6(5)8;1-2/h1-4,7-8H;1-2H2. The first-order valence-electron chi connectivity index (χ1n) is 2.77. The molecule has 2 heteroatoms. The molecule has 1 aromatic rings. The van der Waals surface area contributed by atoms with Gasteiger partial charge < -0.3 is 10.2 Å². The van der Waals surface area contributed by atoms with Crippen LogP contribution in [0.3, 0.4) is 0 Å². The fraction of sp³-hybridized carbons (Fsp3) is 0. The molecule has 0 spiro atoms. The Kier molecular flexibility index (Phi) is 3.80. The highest BCUT2D eigenvalue weighted by molar-refractivity contribution is 5.36. The van der Waals surface area contributed by atoms with Crippen LogP contribution < -0.4 is 0 Å². The quantitative estimate of drug-likeness (QED) is 0.424. The van der Waals surface area contributed by atoms with Gasteiger partial charge in [-0.3, -0.25) is 0 Å². The lowest BCUT2D eigenvalue weighted by atomic mass is 10.3. The van der Waals surface area contributed by atoms with Gasteiger partial charge in [-0.25, -0.2) is 0 Å². The largest absolute Gasteiger partial charge is 0.504 e. The first-order chi connectivity index (χ1) is 4.80.